The predicted molar refractivity (Wildman–Crippen MR) is 157 cm³/mol. The Hall–Kier alpha value is -3.97. The number of fused-ring (bicyclic) bond motifs is 1. The van der Waals surface area contributed by atoms with Gasteiger partial charge in [-0.15, -0.1) is 0 Å². The van der Waals surface area contributed by atoms with E-state index < -0.39 is 17.7 Å². The fourth-order valence-electron chi connectivity index (χ4n) is 5.15. The number of aromatic nitrogens is 1. The number of hydrogen-bond acceptors (Lipinski definition) is 6. The zero-order valence-electron chi connectivity index (χ0n) is 23.2. The first-order chi connectivity index (χ1) is 18.4. The molecule has 1 aromatic heterocycles. The van der Waals surface area contributed by atoms with Gasteiger partial charge in [-0.3, -0.25) is 14.5 Å². The Morgan fingerprint density at radius 1 is 0.974 bits per heavy atom. The molecule has 1 N–H and O–H groups in total. The van der Waals surface area contributed by atoms with Crippen LogP contribution in [0, 0.1) is 20.8 Å². The van der Waals surface area contributed by atoms with Gasteiger partial charge in [0.2, 0.25) is 0 Å². The van der Waals surface area contributed by atoms with Crippen LogP contribution in [0.1, 0.15) is 60.2 Å². The number of aliphatic hydroxyl groups is 1. The highest BCUT2D eigenvalue weighted by molar-refractivity contribution is 7.22. The third-order valence-electron chi connectivity index (χ3n) is 7.23. The third-order valence-corrected chi connectivity index (χ3v) is 8.23. The topological polar surface area (TPSA) is 79.7 Å². The normalized spacial score (nSPS) is 17.3. The van der Waals surface area contributed by atoms with Crippen LogP contribution in [0.4, 0.5) is 5.13 Å². The Morgan fingerprint density at radius 2 is 1.67 bits per heavy atom. The smallest absolute Gasteiger partial charge is 0.301 e. The van der Waals surface area contributed by atoms with Crippen molar-refractivity contribution < 1.29 is 19.4 Å². The van der Waals surface area contributed by atoms with E-state index in [0.29, 0.717) is 16.4 Å². The van der Waals surface area contributed by atoms with Crippen molar-refractivity contribution in [1.29, 1.82) is 0 Å². The summed E-state index contributed by atoms with van der Waals surface area (Å²) in [4.78, 5) is 33.5. The summed E-state index contributed by atoms with van der Waals surface area (Å²) in [5, 5.41) is 11.9. The molecule has 39 heavy (non-hydrogen) atoms. The molecule has 1 aliphatic heterocycles. The van der Waals surface area contributed by atoms with Crippen LogP contribution in [0.15, 0.2) is 60.2 Å². The van der Waals surface area contributed by atoms with Gasteiger partial charge in [-0.25, -0.2) is 4.98 Å². The van der Waals surface area contributed by atoms with Gasteiger partial charge in [0.05, 0.1) is 28.9 Å². The molecule has 0 bridgehead atoms. The third kappa shape index (κ3) is 4.61. The van der Waals surface area contributed by atoms with Crippen molar-refractivity contribution in [2.45, 2.75) is 53.0 Å². The van der Waals surface area contributed by atoms with Crippen LogP contribution in [-0.4, -0.2) is 28.9 Å². The van der Waals surface area contributed by atoms with E-state index in [9.17, 15) is 14.7 Å². The van der Waals surface area contributed by atoms with Crippen LogP contribution in [0.25, 0.3) is 16.0 Å². The summed E-state index contributed by atoms with van der Waals surface area (Å²) < 4.78 is 6.30. The van der Waals surface area contributed by atoms with Crippen molar-refractivity contribution in [3.05, 3.63) is 93.6 Å². The second-order valence-corrected chi connectivity index (χ2v) is 12.2. The summed E-state index contributed by atoms with van der Waals surface area (Å²) in [7, 11) is 1.58. The van der Waals surface area contributed by atoms with E-state index in [-0.39, 0.29) is 16.7 Å². The molecule has 1 atom stereocenters. The minimum Gasteiger partial charge on any atom is -0.507 e. The maximum absolute atomic E-state index is 13.6. The fourth-order valence-corrected chi connectivity index (χ4v) is 6.32. The number of thiazole rings is 1. The molecule has 0 spiro atoms. The van der Waals surface area contributed by atoms with E-state index in [4.69, 9.17) is 9.72 Å². The number of methoxy groups -OCH3 is 1. The molecular weight excluding hydrogens is 508 g/mol. The lowest BCUT2D eigenvalue weighted by atomic mass is 9.85. The van der Waals surface area contributed by atoms with E-state index in [0.717, 1.165) is 38.0 Å². The van der Waals surface area contributed by atoms with E-state index >= 15 is 0 Å². The van der Waals surface area contributed by atoms with Gasteiger partial charge in [0.1, 0.15) is 11.5 Å². The van der Waals surface area contributed by atoms with Crippen LogP contribution in [-0.2, 0) is 15.0 Å². The Morgan fingerprint density at radius 3 is 2.28 bits per heavy atom. The van der Waals surface area contributed by atoms with Gasteiger partial charge in [0.25, 0.3) is 5.78 Å². The number of Topliss-reactive ketones (excluding diaryl/α,β-unsaturated/α-hetero) is 1. The van der Waals surface area contributed by atoms with Crippen molar-refractivity contribution >= 4 is 44.1 Å². The first kappa shape index (κ1) is 26.6. The second-order valence-electron chi connectivity index (χ2n) is 11.2. The van der Waals surface area contributed by atoms with Crippen molar-refractivity contribution in [3.63, 3.8) is 0 Å². The molecule has 7 heteroatoms. The number of anilines is 1. The van der Waals surface area contributed by atoms with Gasteiger partial charge in [-0.2, -0.15) is 0 Å². The molecule has 3 aromatic carbocycles. The molecule has 0 aliphatic carbocycles. The molecule has 1 saturated heterocycles. The molecule has 0 radical (unpaired) electrons. The average molecular weight is 541 g/mol. The standard InChI is InChI=1S/C32H32N2O4S/c1-17-14-19(3)26-24(15-17)39-31(33-26)34-27(20-8-11-22(12-9-20)32(4,5)6)25(29(36)30(34)37)28(35)21-10-13-23(38-7)18(2)16-21/h8-16,27,35H,1-7H3/t27-/m1/s1. The maximum Gasteiger partial charge on any atom is 0.301 e. The quantitative estimate of drug-likeness (QED) is 0.169. The Bertz CT molecular complexity index is 1660. The highest BCUT2D eigenvalue weighted by atomic mass is 32.1. The zero-order chi connectivity index (χ0) is 28.2. The number of amides is 1. The molecule has 4 aromatic rings. The van der Waals surface area contributed by atoms with Crippen molar-refractivity contribution in [1.82, 2.24) is 4.98 Å². The largest absolute Gasteiger partial charge is 0.507 e. The van der Waals surface area contributed by atoms with E-state index in [2.05, 4.69) is 26.8 Å². The Kier molecular flexibility index (Phi) is 6.59. The SMILES string of the molecule is COc1ccc(C(O)=C2C(=O)C(=O)N(c3nc4c(C)cc(C)cc4s3)[C@@H]2c2ccc(C(C)(C)C)cc2)cc1C. The second kappa shape index (κ2) is 9.65. The minimum absolute atomic E-state index is 0.0419. The van der Waals surface area contributed by atoms with Gasteiger partial charge in [0.15, 0.2) is 5.13 Å². The molecule has 1 aliphatic rings. The molecule has 0 saturated carbocycles. The fraction of sp³-hybridized carbons (Fsp3) is 0.281. The molecule has 0 unspecified atom stereocenters. The first-order valence-electron chi connectivity index (χ1n) is 12.8. The van der Waals surface area contributed by atoms with E-state index in [1.165, 1.54) is 16.2 Å². The van der Waals surface area contributed by atoms with E-state index in [1.54, 1.807) is 25.3 Å². The Balaban J connectivity index is 1.73. The highest BCUT2D eigenvalue weighted by Crippen LogP contribution is 2.45. The highest BCUT2D eigenvalue weighted by Gasteiger charge is 2.48. The van der Waals surface area contributed by atoms with Crippen molar-refractivity contribution in [2.24, 2.45) is 0 Å². The lowest BCUT2D eigenvalue weighted by Crippen LogP contribution is -2.29. The monoisotopic (exact) mass is 540 g/mol. The minimum atomic E-state index is -0.830. The number of ether oxygens (including phenoxy) is 1. The summed E-state index contributed by atoms with van der Waals surface area (Å²) in [5.74, 6) is -1.00. The molecule has 5 rings (SSSR count). The van der Waals surface area contributed by atoms with Gasteiger partial charge < -0.3 is 9.84 Å². The summed E-state index contributed by atoms with van der Waals surface area (Å²) in [6.45, 7) is 12.3. The number of ketones is 1. The number of aryl methyl sites for hydroxylation is 3. The molecule has 200 valence electrons. The van der Waals surface area contributed by atoms with Crippen LogP contribution < -0.4 is 9.64 Å². The van der Waals surface area contributed by atoms with Crippen molar-refractivity contribution in [2.75, 3.05) is 12.0 Å². The summed E-state index contributed by atoms with van der Waals surface area (Å²) in [6, 6.07) is 16.3. The maximum atomic E-state index is 13.6. The van der Waals surface area contributed by atoms with Crippen LogP contribution in [0.3, 0.4) is 0 Å². The van der Waals surface area contributed by atoms with Gasteiger partial charge in [-0.05, 0) is 78.3 Å². The van der Waals surface area contributed by atoms with Gasteiger partial charge in [-0.1, -0.05) is 62.4 Å². The molecule has 1 amide bonds. The number of hydrogen-bond donors (Lipinski definition) is 1. The summed E-state index contributed by atoms with van der Waals surface area (Å²) in [6.07, 6.45) is 0. The Labute approximate surface area is 232 Å². The van der Waals surface area contributed by atoms with Gasteiger partial charge in [0, 0.05) is 5.56 Å². The average Bonchev–Trinajstić information content (AvgIpc) is 3.41. The van der Waals surface area contributed by atoms with E-state index in [1.807, 2.05) is 51.1 Å². The zero-order valence-corrected chi connectivity index (χ0v) is 24.1. The van der Waals surface area contributed by atoms with Crippen LogP contribution in [0.2, 0.25) is 0 Å². The molecule has 1 fully saturated rings. The molecule has 6 nitrogen and oxygen atoms in total. The number of aliphatic hydroxyl groups excluding tert-OH is 1. The van der Waals surface area contributed by atoms with Crippen LogP contribution in [0.5, 0.6) is 5.75 Å². The first-order valence-corrected chi connectivity index (χ1v) is 13.7. The number of carbonyl (C=O) groups is 2. The lowest BCUT2D eigenvalue weighted by Gasteiger charge is -2.25. The lowest BCUT2D eigenvalue weighted by molar-refractivity contribution is -0.132. The summed E-state index contributed by atoms with van der Waals surface area (Å²) >= 11 is 1.37. The number of benzene rings is 3. The van der Waals surface area contributed by atoms with Crippen molar-refractivity contribution in [3.8, 4) is 5.75 Å². The van der Waals surface area contributed by atoms with Gasteiger partial charge >= 0.3 is 5.91 Å². The number of carbonyl (C=O) groups excluding carboxylic acids is 2. The molecular formula is C32H32N2O4S. The van der Waals surface area contributed by atoms with Crippen LogP contribution >= 0.6 is 11.3 Å². The molecule has 2 heterocycles. The predicted octanol–water partition coefficient (Wildman–Crippen LogP) is 7.15. The number of nitrogens with zero attached hydrogens (tertiary/aromatic N) is 2. The number of rotatable bonds is 4. The summed E-state index contributed by atoms with van der Waals surface area (Å²) in [5.41, 5.74) is 5.97.